The summed E-state index contributed by atoms with van der Waals surface area (Å²) >= 11 is 0. The van der Waals surface area contributed by atoms with E-state index in [0.717, 1.165) is 42.5 Å². The maximum absolute atomic E-state index is 13.2. The molecule has 3 aliphatic carbocycles. The molecule has 1 aromatic carbocycles. The molecular weight excluding hydrogens is 400 g/mol. The van der Waals surface area contributed by atoms with Gasteiger partial charge in [-0.3, -0.25) is 19.6 Å². The molecule has 3 bridgehead atoms. The first-order valence-corrected chi connectivity index (χ1v) is 12.4. The van der Waals surface area contributed by atoms with E-state index >= 15 is 0 Å². The Balaban J connectivity index is 1.08. The number of aromatic nitrogens is 2. The Morgan fingerprint density at radius 3 is 2.59 bits per heavy atom. The Morgan fingerprint density at radius 1 is 0.906 bits per heavy atom. The van der Waals surface area contributed by atoms with Crippen molar-refractivity contribution < 1.29 is 9.59 Å². The number of hydrogen-bond acceptors (Lipinski definition) is 4. The lowest BCUT2D eigenvalue weighted by Gasteiger charge is -2.34. The summed E-state index contributed by atoms with van der Waals surface area (Å²) in [7, 11) is 0. The summed E-state index contributed by atoms with van der Waals surface area (Å²) in [6, 6.07) is 5.93. The third kappa shape index (κ3) is 3.57. The zero-order chi connectivity index (χ0) is 21.7. The lowest BCUT2D eigenvalue weighted by molar-refractivity contribution is -0.127. The summed E-state index contributed by atoms with van der Waals surface area (Å²) in [6.45, 7) is 1.24. The van der Waals surface area contributed by atoms with Crippen LogP contribution in [0, 0.1) is 29.6 Å². The number of likely N-dealkylation sites (tertiary alicyclic amines) is 1. The number of carbonyl (C=O) groups is 2. The lowest BCUT2D eigenvalue weighted by Crippen LogP contribution is -2.47. The van der Waals surface area contributed by atoms with Crippen molar-refractivity contribution in [1.29, 1.82) is 0 Å². The molecule has 1 aliphatic heterocycles. The number of piperidine rings is 1. The van der Waals surface area contributed by atoms with Gasteiger partial charge < -0.3 is 10.2 Å². The topological polar surface area (TPSA) is 75.2 Å². The van der Waals surface area contributed by atoms with Crippen molar-refractivity contribution in [2.75, 3.05) is 13.1 Å². The molecule has 3 saturated carbocycles. The van der Waals surface area contributed by atoms with E-state index in [1.807, 2.05) is 23.1 Å². The van der Waals surface area contributed by atoms with Gasteiger partial charge in [0.15, 0.2) is 0 Å². The molecule has 2 amide bonds. The molecule has 6 rings (SSSR count). The summed E-state index contributed by atoms with van der Waals surface area (Å²) in [5.41, 5.74) is 1.99. The van der Waals surface area contributed by atoms with E-state index in [1.54, 1.807) is 12.4 Å². The fraction of sp³-hybridized carbons (Fsp3) is 0.615. The Kier molecular flexibility index (Phi) is 5.11. The second kappa shape index (κ2) is 8.13. The zero-order valence-corrected chi connectivity index (χ0v) is 18.6. The number of nitrogens with zero attached hydrogens (tertiary/aromatic N) is 3. The molecule has 0 spiro atoms. The zero-order valence-electron chi connectivity index (χ0n) is 18.6. The van der Waals surface area contributed by atoms with Crippen LogP contribution in [0.25, 0.3) is 11.0 Å². The molecule has 1 N–H and O–H groups in total. The molecule has 3 unspecified atom stereocenters. The summed E-state index contributed by atoms with van der Waals surface area (Å²) in [5.74, 6) is 3.59. The van der Waals surface area contributed by atoms with Gasteiger partial charge in [-0.25, -0.2) is 0 Å². The van der Waals surface area contributed by atoms with Crippen molar-refractivity contribution in [3.05, 3.63) is 36.2 Å². The summed E-state index contributed by atoms with van der Waals surface area (Å²) < 4.78 is 0. The molecule has 1 aromatic heterocycles. The molecular formula is C26H32N4O2. The predicted molar refractivity (Wildman–Crippen MR) is 122 cm³/mol. The number of hydrogen-bond donors (Lipinski definition) is 1. The first kappa shape index (κ1) is 20.1. The Hall–Kier alpha value is -2.50. The highest BCUT2D eigenvalue weighted by atomic mass is 16.2. The maximum Gasteiger partial charge on any atom is 0.256 e. The van der Waals surface area contributed by atoms with Gasteiger partial charge in [0, 0.05) is 37.4 Å². The van der Waals surface area contributed by atoms with Gasteiger partial charge in [0.05, 0.1) is 11.1 Å². The fourth-order valence-corrected chi connectivity index (χ4v) is 7.25. The number of amides is 2. The quantitative estimate of drug-likeness (QED) is 0.800. The van der Waals surface area contributed by atoms with Gasteiger partial charge in [-0.05, 0) is 87.2 Å². The van der Waals surface area contributed by atoms with Gasteiger partial charge in [0.1, 0.15) is 5.52 Å². The normalized spacial score (nSPS) is 32.1. The maximum atomic E-state index is 13.2. The minimum absolute atomic E-state index is 0.00764. The second-order valence-electron chi connectivity index (χ2n) is 10.6. The van der Waals surface area contributed by atoms with Crippen LogP contribution in [-0.4, -0.2) is 45.8 Å². The highest BCUT2D eigenvalue weighted by molar-refractivity contribution is 6.04. The van der Waals surface area contributed by atoms with Gasteiger partial charge in [-0.2, -0.15) is 0 Å². The molecule has 0 radical (unpaired) electrons. The van der Waals surface area contributed by atoms with Crippen LogP contribution in [0.15, 0.2) is 30.6 Å². The molecule has 2 aromatic rings. The van der Waals surface area contributed by atoms with Gasteiger partial charge in [-0.15, -0.1) is 0 Å². The van der Waals surface area contributed by atoms with Crippen molar-refractivity contribution >= 4 is 22.8 Å². The third-order valence-corrected chi connectivity index (χ3v) is 8.76. The molecule has 6 heteroatoms. The second-order valence-corrected chi connectivity index (χ2v) is 10.6. The van der Waals surface area contributed by atoms with Crippen molar-refractivity contribution in [2.24, 2.45) is 29.6 Å². The van der Waals surface area contributed by atoms with Gasteiger partial charge in [-0.1, -0.05) is 6.07 Å². The molecule has 4 fully saturated rings. The fourth-order valence-electron chi connectivity index (χ4n) is 7.25. The monoisotopic (exact) mass is 432 g/mol. The van der Waals surface area contributed by atoms with E-state index in [9.17, 15) is 9.59 Å². The van der Waals surface area contributed by atoms with E-state index in [1.165, 1.54) is 32.1 Å². The van der Waals surface area contributed by atoms with Crippen LogP contribution in [0.4, 0.5) is 0 Å². The van der Waals surface area contributed by atoms with Crippen LogP contribution in [0.3, 0.4) is 0 Å². The Labute approximate surface area is 189 Å². The molecule has 2 heterocycles. The molecule has 168 valence electrons. The van der Waals surface area contributed by atoms with Gasteiger partial charge in [0.25, 0.3) is 5.91 Å². The van der Waals surface area contributed by atoms with Crippen LogP contribution >= 0.6 is 0 Å². The van der Waals surface area contributed by atoms with Crippen LogP contribution in [-0.2, 0) is 4.79 Å². The molecule has 4 aliphatic rings. The number of fused-ring (bicyclic) bond motifs is 3. The molecule has 6 nitrogen and oxygen atoms in total. The van der Waals surface area contributed by atoms with Gasteiger partial charge in [0.2, 0.25) is 5.91 Å². The average molecular weight is 433 g/mol. The van der Waals surface area contributed by atoms with Crippen LogP contribution in [0.2, 0.25) is 0 Å². The van der Waals surface area contributed by atoms with E-state index in [-0.39, 0.29) is 17.7 Å². The van der Waals surface area contributed by atoms with Crippen molar-refractivity contribution in [1.82, 2.24) is 20.2 Å². The first-order valence-electron chi connectivity index (χ1n) is 12.4. The number of nitrogens with one attached hydrogen (secondary N) is 1. The summed E-state index contributed by atoms with van der Waals surface area (Å²) in [5, 5.41) is 3.48. The van der Waals surface area contributed by atoms with Crippen LogP contribution in [0.5, 0.6) is 0 Å². The molecule has 5 atom stereocenters. The van der Waals surface area contributed by atoms with Crippen LogP contribution < -0.4 is 5.32 Å². The van der Waals surface area contributed by atoms with Crippen molar-refractivity contribution in [3.63, 3.8) is 0 Å². The van der Waals surface area contributed by atoms with E-state index < -0.39 is 0 Å². The van der Waals surface area contributed by atoms with Crippen molar-refractivity contribution in [2.45, 2.75) is 57.4 Å². The van der Waals surface area contributed by atoms with E-state index in [2.05, 4.69) is 15.3 Å². The third-order valence-electron chi connectivity index (χ3n) is 8.76. The Morgan fingerprint density at radius 2 is 1.72 bits per heavy atom. The van der Waals surface area contributed by atoms with Crippen molar-refractivity contribution in [3.8, 4) is 0 Å². The molecule has 1 saturated heterocycles. The smallest absolute Gasteiger partial charge is 0.256 e. The lowest BCUT2D eigenvalue weighted by atomic mass is 9.80. The number of rotatable bonds is 3. The number of para-hydroxylation sites is 1. The highest BCUT2D eigenvalue weighted by Crippen LogP contribution is 2.53. The number of carbonyl (C=O) groups excluding carboxylic acids is 2. The summed E-state index contributed by atoms with van der Waals surface area (Å²) in [6.07, 6.45) is 12.7. The average Bonchev–Trinajstić information content (AvgIpc) is 3.08. The van der Waals surface area contributed by atoms with Gasteiger partial charge >= 0.3 is 0 Å². The minimum atomic E-state index is -0.00764. The SMILES string of the molecule is O=C(NC1CC[C@@H]2CC3CC1[C@@H](C3)C2)C1CCN(C(=O)c2cccc3nccnc23)CC1. The van der Waals surface area contributed by atoms with Crippen LogP contribution in [0.1, 0.15) is 61.7 Å². The Bertz CT molecular complexity index is 1030. The molecule has 32 heavy (non-hydrogen) atoms. The van der Waals surface area contributed by atoms with E-state index in [0.29, 0.717) is 36.1 Å². The number of benzene rings is 1. The predicted octanol–water partition coefficient (Wildman–Crippen LogP) is 3.81. The first-order chi connectivity index (χ1) is 15.7. The van der Waals surface area contributed by atoms with E-state index in [4.69, 9.17) is 0 Å². The highest BCUT2D eigenvalue weighted by Gasteiger charge is 2.46. The largest absolute Gasteiger partial charge is 0.353 e. The summed E-state index contributed by atoms with van der Waals surface area (Å²) in [4.78, 5) is 36.9. The minimum Gasteiger partial charge on any atom is -0.353 e. The standard InChI is InChI=1S/C26H32N4O2/c31-25(29-22-5-4-16-12-17-14-19(13-16)21(22)15-17)18-6-10-30(11-7-18)26(32)20-2-1-3-23-24(20)28-9-8-27-23/h1-3,8-9,16-19,21-22H,4-7,10-15H2,(H,29,31)/t16-,17?,19-,21?,22?/m1/s1.